The first-order valence-electron chi connectivity index (χ1n) is 7.48. The molecule has 1 aromatic carbocycles. The van der Waals surface area contributed by atoms with Gasteiger partial charge < -0.3 is 15.1 Å². The topological polar surface area (TPSA) is 54.3 Å². The van der Waals surface area contributed by atoms with Gasteiger partial charge in [0.2, 0.25) is 0 Å². The molecule has 0 radical (unpaired) electrons. The summed E-state index contributed by atoms with van der Waals surface area (Å²) in [5, 5.41) is 5.76. The SMILES string of the molecule is CC1CCc2c(F)cccc2C1NC(=O)NCc1ccoc1. The van der Waals surface area contributed by atoms with Crippen LogP contribution in [0.4, 0.5) is 9.18 Å². The number of amides is 2. The highest BCUT2D eigenvalue weighted by Gasteiger charge is 2.29. The highest BCUT2D eigenvalue weighted by Crippen LogP contribution is 2.35. The summed E-state index contributed by atoms with van der Waals surface area (Å²) < 4.78 is 18.9. The normalized spacial score (nSPS) is 20.3. The molecule has 5 heteroatoms. The van der Waals surface area contributed by atoms with Crippen molar-refractivity contribution in [3.8, 4) is 0 Å². The second-order valence-electron chi connectivity index (χ2n) is 5.76. The molecular formula is C17H19FN2O2. The van der Waals surface area contributed by atoms with E-state index in [0.29, 0.717) is 6.54 Å². The Balaban J connectivity index is 1.69. The molecule has 0 saturated heterocycles. The second kappa shape index (κ2) is 6.22. The van der Waals surface area contributed by atoms with Gasteiger partial charge in [0, 0.05) is 12.1 Å². The van der Waals surface area contributed by atoms with Crippen LogP contribution < -0.4 is 10.6 Å². The Morgan fingerprint density at radius 3 is 3.05 bits per heavy atom. The van der Waals surface area contributed by atoms with Crippen molar-refractivity contribution in [2.45, 2.75) is 32.4 Å². The Hall–Kier alpha value is -2.30. The molecule has 1 aromatic heterocycles. The molecule has 0 saturated carbocycles. The summed E-state index contributed by atoms with van der Waals surface area (Å²) in [5.41, 5.74) is 2.51. The number of fused-ring (bicyclic) bond motifs is 1. The number of hydrogen-bond acceptors (Lipinski definition) is 2. The fourth-order valence-electron chi connectivity index (χ4n) is 2.96. The van der Waals surface area contributed by atoms with Crippen LogP contribution in [0.2, 0.25) is 0 Å². The van der Waals surface area contributed by atoms with E-state index in [2.05, 4.69) is 17.6 Å². The molecule has 4 nitrogen and oxygen atoms in total. The van der Waals surface area contributed by atoms with Crippen molar-refractivity contribution in [2.24, 2.45) is 5.92 Å². The first-order valence-corrected chi connectivity index (χ1v) is 7.48. The molecule has 22 heavy (non-hydrogen) atoms. The highest BCUT2D eigenvalue weighted by atomic mass is 19.1. The summed E-state index contributed by atoms with van der Waals surface area (Å²) in [6.07, 6.45) is 4.74. The number of nitrogens with one attached hydrogen (secondary N) is 2. The lowest BCUT2D eigenvalue weighted by Crippen LogP contribution is -2.41. The van der Waals surface area contributed by atoms with Crippen molar-refractivity contribution in [1.82, 2.24) is 10.6 Å². The van der Waals surface area contributed by atoms with Crippen molar-refractivity contribution < 1.29 is 13.6 Å². The van der Waals surface area contributed by atoms with Gasteiger partial charge in [-0.25, -0.2) is 9.18 Å². The van der Waals surface area contributed by atoms with Crippen LogP contribution in [-0.4, -0.2) is 6.03 Å². The Morgan fingerprint density at radius 1 is 1.41 bits per heavy atom. The average Bonchev–Trinajstić information content (AvgIpc) is 3.02. The van der Waals surface area contributed by atoms with Crippen LogP contribution in [0.3, 0.4) is 0 Å². The number of carbonyl (C=O) groups excluding carboxylic acids is 1. The third kappa shape index (κ3) is 2.98. The van der Waals surface area contributed by atoms with Gasteiger partial charge in [-0.15, -0.1) is 0 Å². The van der Waals surface area contributed by atoms with Gasteiger partial charge in [-0.2, -0.15) is 0 Å². The molecule has 1 aliphatic carbocycles. The average molecular weight is 302 g/mol. The molecule has 2 N–H and O–H groups in total. The molecule has 1 heterocycles. The van der Waals surface area contributed by atoms with Gasteiger partial charge >= 0.3 is 6.03 Å². The number of furan rings is 1. The van der Waals surface area contributed by atoms with E-state index >= 15 is 0 Å². The number of rotatable bonds is 3. The van der Waals surface area contributed by atoms with Crippen molar-refractivity contribution in [3.05, 3.63) is 59.3 Å². The van der Waals surface area contributed by atoms with Crippen LogP contribution >= 0.6 is 0 Å². The molecular weight excluding hydrogens is 283 g/mol. The van der Waals surface area contributed by atoms with E-state index in [1.54, 1.807) is 24.7 Å². The summed E-state index contributed by atoms with van der Waals surface area (Å²) in [5.74, 6) is 0.0870. The zero-order valence-corrected chi connectivity index (χ0v) is 12.4. The predicted molar refractivity (Wildman–Crippen MR) is 80.7 cm³/mol. The largest absolute Gasteiger partial charge is 0.472 e. The van der Waals surface area contributed by atoms with Crippen molar-refractivity contribution in [1.29, 1.82) is 0 Å². The predicted octanol–water partition coefficient (Wildman–Crippen LogP) is 3.54. The molecule has 0 fully saturated rings. The van der Waals surface area contributed by atoms with Crippen molar-refractivity contribution >= 4 is 6.03 Å². The first-order chi connectivity index (χ1) is 10.6. The maximum atomic E-state index is 13.9. The van der Waals surface area contributed by atoms with Crippen LogP contribution in [0.5, 0.6) is 0 Å². The number of hydrogen-bond donors (Lipinski definition) is 2. The maximum absolute atomic E-state index is 13.9. The van der Waals surface area contributed by atoms with Gasteiger partial charge in [0.05, 0.1) is 18.6 Å². The summed E-state index contributed by atoms with van der Waals surface area (Å²) in [6, 6.07) is 6.46. The minimum absolute atomic E-state index is 0.163. The van der Waals surface area contributed by atoms with E-state index in [4.69, 9.17) is 4.42 Å². The van der Waals surface area contributed by atoms with Crippen molar-refractivity contribution in [2.75, 3.05) is 0 Å². The summed E-state index contributed by atoms with van der Waals surface area (Å²) in [4.78, 5) is 12.1. The van der Waals surface area contributed by atoms with Crippen LogP contribution in [0.1, 0.15) is 36.1 Å². The van der Waals surface area contributed by atoms with Crippen LogP contribution in [-0.2, 0) is 13.0 Å². The quantitative estimate of drug-likeness (QED) is 0.911. The van der Waals surface area contributed by atoms with E-state index in [1.807, 2.05) is 6.07 Å². The van der Waals surface area contributed by atoms with E-state index in [-0.39, 0.29) is 23.8 Å². The molecule has 116 valence electrons. The Kier molecular flexibility index (Phi) is 4.13. The fraction of sp³-hybridized carbons (Fsp3) is 0.353. The van der Waals surface area contributed by atoms with Gasteiger partial charge in [0.15, 0.2) is 0 Å². The Bertz CT molecular complexity index is 655. The Labute approximate surface area is 128 Å². The molecule has 2 aromatic rings. The third-order valence-corrected chi connectivity index (χ3v) is 4.23. The highest BCUT2D eigenvalue weighted by molar-refractivity contribution is 5.74. The first kappa shape index (κ1) is 14.6. The zero-order chi connectivity index (χ0) is 15.5. The number of halogens is 1. The lowest BCUT2D eigenvalue weighted by Gasteiger charge is -2.32. The molecule has 3 rings (SSSR count). The summed E-state index contributed by atoms with van der Waals surface area (Å²) >= 11 is 0. The number of carbonyl (C=O) groups is 1. The zero-order valence-electron chi connectivity index (χ0n) is 12.4. The number of benzene rings is 1. The van der Waals surface area contributed by atoms with Gasteiger partial charge in [-0.1, -0.05) is 19.1 Å². The maximum Gasteiger partial charge on any atom is 0.315 e. The molecule has 2 atom stereocenters. The number of urea groups is 1. The van der Waals surface area contributed by atoms with E-state index in [1.165, 1.54) is 6.07 Å². The van der Waals surface area contributed by atoms with Crippen LogP contribution in [0.15, 0.2) is 41.2 Å². The van der Waals surface area contributed by atoms with E-state index < -0.39 is 0 Å². The fourth-order valence-corrected chi connectivity index (χ4v) is 2.96. The standard InChI is InChI=1S/C17H19FN2O2/c1-11-5-6-13-14(3-2-4-15(13)18)16(11)20-17(21)19-9-12-7-8-22-10-12/h2-4,7-8,10-11,16H,5-6,9H2,1H3,(H2,19,20,21). The molecule has 2 unspecified atom stereocenters. The van der Waals surface area contributed by atoms with Gasteiger partial charge in [0.1, 0.15) is 5.82 Å². The lowest BCUT2D eigenvalue weighted by atomic mass is 9.80. The minimum Gasteiger partial charge on any atom is -0.472 e. The van der Waals surface area contributed by atoms with Crippen molar-refractivity contribution in [3.63, 3.8) is 0 Å². The molecule has 0 bridgehead atoms. The third-order valence-electron chi connectivity index (χ3n) is 4.23. The van der Waals surface area contributed by atoms with Gasteiger partial charge in [0.25, 0.3) is 0 Å². The van der Waals surface area contributed by atoms with Gasteiger partial charge in [-0.05, 0) is 42.0 Å². The van der Waals surface area contributed by atoms with Gasteiger partial charge in [-0.3, -0.25) is 0 Å². The second-order valence-corrected chi connectivity index (χ2v) is 5.76. The molecule has 2 amide bonds. The molecule has 0 aliphatic heterocycles. The van der Waals surface area contributed by atoms with Crippen LogP contribution in [0.25, 0.3) is 0 Å². The monoisotopic (exact) mass is 302 g/mol. The lowest BCUT2D eigenvalue weighted by molar-refractivity contribution is 0.229. The Morgan fingerprint density at radius 2 is 2.27 bits per heavy atom. The van der Waals surface area contributed by atoms with Crippen LogP contribution in [0, 0.1) is 11.7 Å². The van der Waals surface area contributed by atoms with E-state index in [9.17, 15) is 9.18 Å². The smallest absolute Gasteiger partial charge is 0.315 e. The van der Waals surface area contributed by atoms with E-state index in [0.717, 1.165) is 29.5 Å². The molecule has 0 spiro atoms. The minimum atomic E-state index is -0.254. The molecule has 1 aliphatic rings. The summed E-state index contributed by atoms with van der Waals surface area (Å²) in [6.45, 7) is 2.48. The summed E-state index contributed by atoms with van der Waals surface area (Å²) in [7, 11) is 0.